The fraction of sp³-hybridized carbons (Fsp3) is 0.440. The molecule has 0 aromatic heterocycles. The van der Waals surface area contributed by atoms with Crippen LogP contribution in [0.25, 0.3) is 0 Å². The van der Waals surface area contributed by atoms with Gasteiger partial charge in [-0.2, -0.15) is 0 Å². The van der Waals surface area contributed by atoms with Gasteiger partial charge in [-0.25, -0.2) is 0 Å². The van der Waals surface area contributed by atoms with Crippen LogP contribution in [-0.4, -0.2) is 41.3 Å². The summed E-state index contributed by atoms with van der Waals surface area (Å²) in [4.78, 5) is 30.6. The molecule has 6 heteroatoms. The molecule has 1 atom stereocenters. The molecule has 4 rings (SSSR count). The SMILES string of the molecule is COc1ccc(CN2C(=O)CN(C3CCCCCC3)C(=O)C2c2ccc(Cl)cc2)cc1. The first kappa shape index (κ1) is 21.7. The zero-order chi connectivity index (χ0) is 21.8. The number of carbonyl (C=O) groups excluding carboxylic acids is 2. The van der Waals surface area contributed by atoms with E-state index in [4.69, 9.17) is 16.3 Å². The van der Waals surface area contributed by atoms with E-state index in [0.717, 1.165) is 42.6 Å². The van der Waals surface area contributed by atoms with Crippen molar-refractivity contribution in [2.45, 2.75) is 57.2 Å². The number of benzene rings is 2. The lowest BCUT2D eigenvalue weighted by molar-refractivity contribution is -0.159. The van der Waals surface area contributed by atoms with E-state index in [-0.39, 0.29) is 24.4 Å². The average Bonchev–Trinajstić information content (AvgIpc) is 3.07. The Morgan fingerprint density at radius 1 is 0.935 bits per heavy atom. The Bertz CT molecular complexity index is 905. The summed E-state index contributed by atoms with van der Waals surface area (Å²) >= 11 is 6.09. The van der Waals surface area contributed by atoms with Crippen molar-refractivity contribution >= 4 is 23.4 Å². The van der Waals surface area contributed by atoms with Gasteiger partial charge < -0.3 is 14.5 Å². The van der Waals surface area contributed by atoms with Crippen LogP contribution in [0, 0.1) is 0 Å². The number of halogens is 1. The number of nitrogens with zero attached hydrogens (tertiary/aromatic N) is 2. The first-order valence-electron chi connectivity index (χ1n) is 11.0. The molecule has 2 aromatic rings. The highest BCUT2D eigenvalue weighted by molar-refractivity contribution is 6.30. The Hall–Kier alpha value is -2.53. The van der Waals surface area contributed by atoms with E-state index in [1.807, 2.05) is 41.3 Å². The van der Waals surface area contributed by atoms with Crippen molar-refractivity contribution < 1.29 is 14.3 Å². The summed E-state index contributed by atoms with van der Waals surface area (Å²) in [5.74, 6) is 0.764. The lowest BCUT2D eigenvalue weighted by Crippen LogP contribution is -2.57. The van der Waals surface area contributed by atoms with Gasteiger partial charge >= 0.3 is 0 Å². The van der Waals surface area contributed by atoms with E-state index in [2.05, 4.69) is 0 Å². The van der Waals surface area contributed by atoms with E-state index < -0.39 is 6.04 Å². The third kappa shape index (κ3) is 4.87. The average molecular weight is 441 g/mol. The molecule has 2 amide bonds. The number of carbonyl (C=O) groups is 2. The lowest BCUT2D eigenvalue weighted by atomic mass is 9.97. The normalized spacial score (nSPS) is 20.6. The molecule has 1 aliphatic heterocycles. The lowest BCUT2D eigenvalue weighted by Gasteiger charge is -2.43. The molecule has 0 N–H and O–H groups in total. The smallest absolute Gasteiger partial charge is 0.250 e. The minimum absolute atomic E-state index is 0.0142. The number of ether oxygens (including phenoxy) is 1. The standard InChI is InChI=1S/C25H29ClN2O3/c1-31-22-14-8-18(9-15-22)16-28-23(29)17-27(21-6-4-2-3-5-7-21)25(30)24(28)19-10-12-20(26)13-11-19/h8-15,21,24H,2-7,16-17H2,1H3. The maximum absolute atomic E-state index is 13.7. The zero-order valence-electron chi connectivity index (χ0n) is 17.9. The van der Waals surface area contributed by atoms with Crippen molar-refractivity contribution in [2.75, 3.05) is 13.7 Å². The number of rotatable bonds is 5. The summed E-state index contributed by atoms with van der Waals surface area (Å²) in [5.41, 5.74) is 1.76. The van der Waals surface area contributed by atoms with Gasteiger partial charge in [-0.3, -0.25) is 9.59 Å². The maximum Gasteiger partial charge on any atom is 0.250 e. The molecular weight excluding hydrogens is 412 g/mol. The molecule has 1 heterocycles. The molecule has 1 saturated carbocycles. The number of hydrogen-bond acceptors (Lipinski definition) is 3. The second-order valence-corrected chi connectivity index (χ2v) is 8.87. The summed E-state index contributed by atoms with van der Waals surface area (Å²) < 4.78 is 5.24. The molecular formula is C25H29ClN2O3. The molecule has 1 aliphatic carbocycles. The van der Waals surface area contributed by atoms with Crippen LogP contribution in [0.2, 0.25) is 5.02 Å². The third-order valence-electron chi connectivity index (χ3n) is 6.42. The van der Waals surface area contributed by atoms with Crippen LogP contribution in [0.15, 0.2) is 48.5 Å². The number of amides is 2. The molecule has 2 fully saturated rings. The maximum atomic E-state index is 13.7. The highest BCUT2D eigenvalue weighted by atomic mass is 35.5. The fourth-order valence-corrected chi connectivity index (χ4v) is 4.83. The Morgan fingerprint density at radius 2 is 1.58 bits per heavy atom. The van der Waals surface area contributed by atoms with Gasteiger partial charge in [0.2, 0.25) is 5.91 Å². The summed E-state index contributed by atoms with van der Waals surface area (Å²) in [6.07, 6.45) is 6.59. The van der Waals surface area contributed by atoms with Gasteiger partial charge in [0.25, 0.3) is 5.91 Å². The Balaban J connectivity index is 1.64. The number of piperazine rings is 1. The van der Waals surface area contributed by atoms with Crippen LogP contribution in [0.4, 0.5) is 0 Å². The van der Waals surface area contributed by atoms with Gasteiger partial charge in [0.1, 0.15) is 18.3 Å². The Labute approximate surface area is 188 Å². The van der Waals surface area contributed by atoms with E-state index in [1.54, 1.807) is 24.1 Å². The van der Waals surface area contributed by atoms with Gasteiger partial charge in [-0.1, -0.05) is 61.5 Å². The van der Waals surface area contributed by atoms with Crippen molar-refractivity contribution in [1.29, 1.82) is 0 Å². The van der Waals surface area contributed by atoms with Crippen LogP contribution in [0.1, 0.15) is 55.7 Å². The largest absolute Gasteiger partial charge is 0.497 e. The highest BCUT2D eigenvalue weighted by Gasteiger charge is 2.42. The summed E-state index contributed by atoms with van der Waals surface area (Å²) in [6.45, 7) is 0.532. The van der Waals surface area contributed by atoms with E-state index in [0.29, 0.717) is 11.6 Å². The molecule has 1 unspecified atom stereocenters. The molecule has 5 nitrogen and oxygen atoms in total. The number of hydrogen-bond donors (Lipinski definition) is 0. The Kier molecular flexibility index (Phi) is 6.81. The predicted molar refractivity (Wildman–Crippen MR) is 121 cm³/mol. The van der Waals surface area contributed by atoms with Gasteiger partial charge in [0.05, 0.1) is 7.11 Å². The predicted octanol–water partition coefficient (Wildman–Crippen LogP) is 4.98. The van der Waals surface area contributed by atoms with Gasteiger partial charge in [-0.15, -0.1) is 0 Å². The van der Waals surface area contributed by atoms with Crippen LogP contribution < -0.4 is 4.74 Å². The van der Waals surface area contributed by atoms with Crippen LogP contribution in [0.3, 0.4) is 0 Å². The summed E-state index contributed by atoms with van der Waals surface area (Å²) in [5, 5.41) is 0.612. The van der Waals surface area contributed by atoms with Gasteiger partial charge in [-0.05, 0) is 48.2 Å². The molecule has 0 bridgehead atoms. The third-order valence-corrected chi connectivity index (χ3v) is 6.67. The Morgan fingerprint density at radius 3 is 2.19 bits per heavy atom. The number of methoxy groups -OCH3 is 1. The first-order chi connectivity index (χ1) is 15.1. The van der Waals surface area contributed by atoms with Crippen molar-refractivity contribution in [3.8, 4) is 5.75 Å². The zero-order valence-corrected chi connectivity index (χ0v) is 18.7. The first-order valence-corrected chi connectivity index (χ1v) is 11.4. The topological polar surface area (TPSA) is 49.9 Å². The summed E-state index contributed by atoms with van der Waals surface area (Å²) in [6, 6.07) is 14.4. The molecule has 0 spiro atoms. The molecule has 164 valence electrons. The summed E-state index contributed by atoms with van der Waals surface area (Å²) in [7, 11) is 1.63. The molecule has 2 aromatic carbocycles. The molecule has 0 radical (unpaired) electrons. The van der Waals surface area contributed by atoms with E-state index in [1.165, 1.54) is 12.8 Å². The second kappa shape index (κ2) is 9.73. The molecule has 2 aliphatic rings. The van der Waals surface area contributed by atoms with Crippen molar-refractivity contribution in [3.05, 3.63) is 64.7 Å². The van der Waals surface area contributed by atoms with Crippen molar-refractivity contribution in [3.63, 3.8) is 0 Å². The van der Waals surface area contributed by atoms with Crippen LogP contribution >= 0.6 is 11.6 Å². The van der Waals surface area contributed by atoms with Gasteiger partial charge in [0.15, 0.2) is 0 Å². The van der Waals surface area contributed by atoms with E-state index in [9.17, 15) is 9.59 Å². The van der Waals surface area contributed by atoms with E-state index >= 15 is 0 Å². The van der Waals surface area contributed by atoms with Crippen molar-refractivity contribution in [1.82, 2.24) is 9.80 Å². The van der Waals surface area contributed by atoms with Crippen LogP contribution in [0.5, 0.6) is 5.75 Å². The quantitative estimate of drug-likeness (QED) is 0.616. The minimum Gasteiger partial charge on any atom is -0.497 e. The second-order valence-electron chi connectivity index (χ2n) is 8.44. The van der Waals surface area contributed by atoms with Crippen LogP contribution in [-0.2, 0) is 16.1 Å². The minimum atomic E-state index is -0.635. The monoisotopic (exact) mass is 440 g/mol. The molecule has 1 saturated heterocycles. The fourth-order valence-electron chi connectivity index (χ4n) is 4.70. The van der Waals surface area contributed by atoms with Crippen molar-refractivity contribution in [2.24, 2.45) is 0 Å². The highest BCUT2D eigenvalue weighted by Crippen LogP contribution is 2.33. The van der Waals surface area contributed by atoms with Gasteiger partial charge in [0, 0.05) is 17.6 Å². The molecule has 31 heavy (non-hydrogen) atoms.